The average Bonchev–Trinajstić information content (AvgIpc) is 1.52. The third-order valence-electron chi connectivity index (χ3n) is 20.8. The Morgan fingerprint density at radius 2 is 1.26 bits per heavy atom. The zero-order valence-electron chi connectivity index (χ0n) is 57.8. The summed E-state index contributed by atoms with van der Waals surface area (Å²) in [6.07, 6.45) is 10.5. The van der Waals surface area contributed by atoms with Gasteiger partial charge in [-0.1, -0.05) is 123 Å². The molecule has 1 aromatic rings. The smallest absolute Gasteiger partial charge is 0.408 e. The van der Waals surface area contributed by atoms with E-state index in [1.54, 1.807) is 70.1 Å². The summed E-state index contributed by atoms with van der Waals surface area (Å²) >= 11 is 0. The first-order valence-electron chi connectivity index (χ1n) is 33.9. The predicted molar refractivity (Wildman–Crippen MR) is 347 cm³/mol. The highest BCUT2D eigenvalue weighted by Crippen LogP contribution is 2.65. The molecule has 9 rings (SSSR count). The van der Waals surface area contributed by atoms with Crippen molar-refractivity contribution in [1.82, 2.24) is 51.9 Å². The van der Waals surface area contributed by atoms with Gasteiger partial charge in [-0.25, -0.2) is 9.59 Å². The second-order valence-electron chi connectivity index (χ2n) is 32.1. The van der Waals surface area contributed by atoms with E-state index in [2.05, 4.69) is 51.1 Å². The lowest BCUT2D eigenvalue weighted by molar-refractivity contribution is -0.146. The van der Waals surface area contributed by atoms with Gasteiger partial charge in [0.1, 0.15) is 35.8 Å². The number of carbonyl (C=O) groups is 12. The Morgan fingerprint density at radius 1 is 0.681 bits per heavy atom. The number of alkyl carbamates (subject to hydrolysis) is 1. The number of primary amides is 1. The first kappa shape index (κ1) is 72.6. The van der Waals surface area contributed by atoms with Crippen molar-refractivity contribution in [3.63, 3.8) is 0 Å². The van der Waals surface area contributed by atoms with Crippen LogP contribution in [0.4, 0.5) is 9.59 Å². The van der Waals surface area contributed by atoms with Crippen molar-refractivity contribution in [3.05, 3.63) is 35.9 Å². The molecule has 25 nitrogen and oxygen atoms in total. The number of benzene rings is 1. The van der Waals surface area contributed by atoms with E-state index in [1.165, 1.54) is 9.80 Å². The molecule has 8 fully saturated rings. The highest BCUT2D eigenvalue weighted by Gasteiger charge is 2.70. The SMILES string of the molecule is CC1(NC(=O)N[C@H](C(=O)N2CC3C([C@H]2C(=O)NC(CC2CCC2)C(=O)C(N)=O)C3(C)C)C(C)(C)C)CC1.CN(C)C(=O)[C@@H](NC(=O)CNC(=O)C(=O)C(CC1CC1)NC(=O)[C@@H]1[C@H]2CC(C)(C)O[C@H]2CN1C(=O)[C@@H](NC(=O)OC(C)(C)C)C1(C)CCCCC1)c1ccccc1. The Hall–Kier alpha value is -7.18. The number of fused-ring (bicyclic) bond motifs is 2. The molecule has 1 aromatic carbocycles. The van der Waals surface area contributed by atoms with Gasteiger partial charge < -0.3 is 67.1 Å². The van der Waals surface area contributed by atoms with Gasteiger partial charge in [0.2, 0.25) is 47.0 Å². The lowest BCUT2D eigenvalue weighted by atomic mass is 9.70. The first-order valence-corrected chi connectivity index (χ1v) is 33.9. The second-order valence-corrected chi connectivity index (χ2v) is 32.1. The van der Waals surface area contributed by atoms with Crippen LogP contribution in [-0.4, -0.2) is 178 Å². The number of nitrogens with one attached hydrogen (secondary N) is 7. The Kier molecular flexibility index (Phi) is 21.8. The molecule has 520 valence electrons. The monoisotopic (exact) mass is 1310 g/mol. The van der Waals surface area contributed by atoms with Crippen LogP contribution >= 0.6 is 0 Å². The maximum atomic E-state index is 14.8. The molecule has 3 heterocycles. The van der Waals surface area contributed by atoms with Crippen molar-refractivity contribution in [2.75, 3.05) is 33.7 Å². The highest BCUT2D eigenvalue weighted by atomic mass is 16.6. The van der Waals surface area contributed by atoms with E-state index in [0.717, 1.165) is 64.2 Å². The summed E-state index contributed by atoms with van der Waals surface area (Å²) in [6.45, 7) is 22.8. The number of carbonyl (C=O) groups excluding carboxylic acids is 12. The van der Waals surface area contributed by atoms with Gasteiger partial charge in [0.15, 0.2) is 0 Å². The number of hydrogen-bond acceptors (Lipinski definition) is 14. The number of likely N-dealkylation sites (N-methyl/N-ethyl adjacent to an activating group) is 1. The number of amides is 11. The van der Waals surface area contributed by atoms with Gasteiger partial charge >= 0.3 is 12.1 Å². The van der Waals surface area contributed by atoms with Crippen LogP contribution in [0, 0.1) is 45.8 Å². The molecule has 0 radical (unpaired) electrons. The van der Waals surface area contributed by atoms with Gasteiger partial charge in [-0.05, 0) is 132 Å². The summed E-state index contributed by atoms with van der Waals surface area (Å²) in [5, 5.41) is 19.3. The molecule has 25 heteroatoms. The summed E-state index contributed by atoms with van der Waals surface area (Å²) < 4.78 is 11.9. The van der Waals surface area contributed by atoms with Crippen molar-refractivity contribution < 1.29 is 67.0 Å². The summed E-state index contributed by atoms with van der Waals surface area (Å²) in [5.74, 6) is -6.59. The van der Waals surface area contributed by atoms with Crippen LogP contribution < -0.4 is 43.0 Å². The molecule has 3 aliphatic heterocycles. The Balaban J connectivity index is 0.000000264. The van der Waals surface area contributed by atoms with E-state index in [9.17, 15) is 57.5 Å². The van der Waals surface area contributed by atoms with Crippen molar-refractivity contribution in [1.29, 1.82) is 0 Å². The van der Waals surface area contributed by atoms with Gasteiger partial charge in [-0.3, -0.25) is 47.9 Å². The minimum atomic E-state index is -1.21. The molecule has 3 saturated heterocycles. The molecule has 11 amide bonds. The molecule has 4 unspecified atom stereocenters. The van der Waals surface area contributed by atoms with Gasteiger partial charge in [0, 0.05) is 38.6 Å². The summed E-state index contributed by atoms with van der Waals surface area (Å²) in [6, 6.07) is 1.42. The standard InChI is InChI=1S/C42H62N6O9.C27H43N5O5/c1-40(2,3)57-39(55)46-34(42(6)19-13-10-14-20-42)38(54)48-24-29-27(22-41(4,5)56-29)32(48)35(51)44-28(21-25-17-18-25)33(50)36(52)43-23-30(49)45-31(37(53)47(7)8)26-15-11-9-12-16-26;1-25(2,3)20(30-24(37)31-27(6)10-11-27)23(36)32-13-15-17(26(15,4)5)18(32)22(35)29-16(19(33)21(28)34)12-14-8-7-9-14/h9,11-12,15-16,25,27-29,31-32,34H,10,13-14,17-24H2,1-8H3,(H,43,52)(H,44,51)(H,45,49)(H,46,55);14-18,20H,7-13H2,1-6H3,(H2,28,34)(H,29,35)(H2,30,31,37)/t27-,28?,29-,31-,32-,34+;15?,16?,17?,18-,20+/m00/s1. The number of ether oxygens (including phenoxy) is 2. The van der Waals surface area contributed by atoms with Gasteiger partial charge in [-0.15, -0.1) is 0 Å². The molecule has 5 aliphatic carbocycles. The molecule has 5 saturated carbocycles. The molecule has 0 spiro atoms. The number of nitrogens with two attached hydrogens (primary N) is 1. The van der Waals surface area contributed by atoms with Crippen molar-refractivity contribution in [3.8, 4) is 0 Å². The molecular formula is C69H105N11O14. The van der Waals surface area contributed by atoms with Crippen molar-refractivity contribution >= 4 is 70.9 Å². The normalized spacial score (nSPS) is 25.8. The largest absolute Gasteiger partial charge is 0.444 e. The average molecular weight is 1310 g/mol. The Labute approximate surface area is 553 Å². The van der Waals surface area contributed by atoms with Crippen LogP contribution in [0.2, 0.25) is 0 Å². The molecule has 9 N–H and O–H groups in total. The number of hydrogen-bond donors (Lipinski definition) is 8. The highest BCUT2D eigenvalue weighted by molar-refractivity contribution is 6.39. The van der Waals surface area contributed by atoms with Crippen LogP contribution in [0.3, 0.4) is 0 Å². The molecule has 11 atom stereocenters. The van der Waals surface area contributed by atoms with Crippen molar-refractivity contribution in [2.45, 2.75) is 245 Å². The van der Waals surface area contributed by atoms with Gasteiger partial charge in [-0.2, -0.15) is 0 Å². The van der Waals surface area contributed by atoms with Gasteiger partial charge in [0.05, 0.1) is 30.3 Å². The molecular weight excluding hydrogens is 1210 g/mol. The van der Waals surface area contributed by atoms with Crippen LogP contribution in [0.15, 0.2) is 30.3 Å². The third-order valence-corrected chi connectivity index (χ3v) is 20.8. The lowest BCUT2D eigenvalue weighted by Crippen LogP contribution is -2.62. The minimum Gasteiger partial charge on any atom is -0.444 e. The fourth-order valence-corrected chi connectivity index (χ4v) is 14.7. The fourth-order valence-electron chi connectivity index (χ4n) is 14.7. The van der Waals surface area contributed by atoms with Crippen molar-refractivity contribution in [2.24, 2.45) is 51.6 Å². The lowest BCUT2D eigenvalue weighted by Gasteiger charge is -2.42. The number of nitrogens with zero attached hydrogens (tertiary/aromatic N) is 3. The first-order chi connectivity index (χ1) is 43.7. The molecule has 0 aromatic heterocycles. The molecule has 8 aliphatic rings. The van der Waals surface area contributed by atoms with E-state index >= 15 is 0 Å². The van der Waals surface area contributed by atoms with Crippen LogP contribution in [-0.2, 0) is 57.4 Å². The summed E-state index contributed by atoms with van der Waals surface area (Å²) in [4.78, 5) is 165. The number of Topliss-reactive ketones (excluding diaryl/α,β-unsaturated/α-hetero) is 2. The third kappa shape index (κ3) is 17.6. The summed E-state index contributed by atoms with van der Waals surface area (Å²) in [5.41, 5.74) is 2.92. The minimum absolute atomic E-state index is 0.0655. The zero-order valence-corrected chi connectivity index (χ0v) is 57.8. The van der Waals surface area contributed by atoms with E-state index in [0.29, 0.717) is 37.8 Å². The maximum Gasteiger partial charge on any atom is 0.408 e. The maximum absolute atomic E-state index is 14.8. The van der Waals surface area contributed by atoms with E-state index in [1.807, 2.05) is 48.5 Å². The number of piperidine rings is 1. The van der Waals surface area contributed by atoms with E-state index in [-0.39, 0.29) is 59.4 Å². The number of rotatable bonds is 23. The Bertz CT molecular complexity index is 3070. The van der Waals surface area contributed by atoms with E-state index < -0.39 is 142 Å². The van der Waals surface area contributed by atoms with Crippen LogP contribution in [0.5, 0.6) is 0 Å². The Morgan fingerprint density at radius 3 is 1.79 bits per heavy atom. The number of likely N-dealkylation sites (tertiary alicyclic amines) is 2. The fraction of sp³-hybridized carbons (Fsp3) is 0.739. The second kappa shape index (κ2) is 28.3. The summed E-state index contributed by atoms with van der Waals surface area (Å²) in [7, 11) is 3.13. The number of ketones is 2. The number of urea groups is 1. The van der Waals surface area contributed by atoms with Crippen LogP contribution in [0.1, 0.15) is 191 Å². The molecule has 0 bridgehead atoms. The van der Waals surface area contributed by atoms with Crippen LogP contribution in [0.25, 0.3) is 0 Å². The quantitative estimate of drug-likeness (QED) is 0.0693. The topological polar surface area (TPSA) is 343 Å². The van der Waals surface area contributed by atoms with Gasteiger partial charge in [0.25, 0.3) is 11.8 Å². The predicted octanol–water partition coefficient (Wildman–Crippen LogP) is 4.63. The zero-order chi connectivity index (χ0) is 69.4. The van der Waals surface area contributed by atoms with E-state index in [4.69, 9.17) is 15.2 Å². The molecule has 94 heavy (non-hydrogen) atoms.